The van der Waals surface area contributed by atoms with Gasteiger partial charge in [-0.05, 0) is 50.8 Å². The third kappa shape index (κ3) is 7.21. The van der Waals surface area contributed by atoms with E-state index in [-0.39, 0.29) is 24.0 Å². The van der Waals surface area contributed by atoms with Gasteiger partial charge in [0.15, 0.2) is 5.96 Å². The van der Waals surface area contributed by atoms with E-state index in [0.29, 0.717) is 5.92 Å². The summed E-state index contributed by atoms with van der Waals surface area (Å²) in [6.45, 7) is 8.72. The van der Waals surface area contributed by atoms with Gasteiger partial charge in [-0.15, -0.1) is 24.0 Å². The second kappa shape index (κ2) is 12.0. The standard InChI is InChI=1S/C22H33N5O.HI/c1-4-23-22(27-13-11-19(17-27)20-15-25-26(3)16-20)24-12-5-6-14-28-21-9-7-18(2)8-10-21;/h7-10,15-16,19H,4-6,11-14,17H2,1-3H3,(H,23,24);1H. The number of nitrogens with one attached hydrogen (secondary N) is 1. The van der Waals surface area contributed by atoms with Crippen molar-refractivity contribution < 1.29 is 4.74 Å². The van der Waals surface area contributed by atoms with Crippen LogP contribution in [0.15, 0.2) is 41.7 Å². The van der Waals surface area contributed by atoms with Crippen molar-refractivity contribution in [3.8, 4) is 5.75 Å². The van der Waals surface area contributed by atoms with Crippen molar-refractivity contribution in [2.24, 2.45) is 12.0 Å². The predicted octanol–water partition coefficient (Wildman–Crippen LogP) is 3.96. The summed E-state index contributed by atoms with van der Waals surface area (Å²) in [5, 5.41) is 7.76. The number of aliphatic imine (C=N–C) groups is 1. The zero-order chi connectivity index (χ0) is 19.8. The molecule has 0 spiro atoms. The summed E-state index contributed by atoms with van der Waals surface area (Å²) in [7, 11) is 1.98. The van der Waals surface area contributed by atoms with Gasteiger partial charge in [0.2, 0.25) is 0 Å². The Labute approximate surface area is 191 Å². The second-order valence-corrected chi connectivity index (χ2v) is 7.48. The van der Waals surface area contributed by atoms with Crippen LogP contribution in [0.2, 0.25) is 0 Å². The van der Waals surface area contributed by atoms with E-state index in [1.54, 1.807) is 0 Å². The smallest absolute Gasteiger partial charge is 0.193 e. The van der Waals surface area contributed by atoms with Crippen LogP contribution in [0.4, 0.5) is 0 Å². The van der Waals surface area contributed by atoms with Gasteiger partial charge in [-0.2, -0.15) is 5.10 Å². The zero-order valence-electron chi connectivity index (χ0n) is 17.8. The van der Waals surface area contributed by atoms with Crippen LogP contribution in [-0.2, 0) is 7.05 Å². The van der Waals surface area contributed by atoms with Gasteiger partial charge in [0.05, 0.1) is 12.8 Å². The molecule has 0 aliphatic carbocycles. The summed E-state index contributed by atoms with van der Waals surface area (Å²) in [6, 6.07) is 8.22. The third-order valence-corrected chi connectivity index (χ3v) is 5.12. The number of likely N-dealkylation sites (tertiary alicyclic amines) is 1. The van der Waals surface area contributed by atoms with Gasteiger partial charge in [0.25, 0.3) is 0 Å². The molecule has 2 heterocycles. The quantitative estimate of drug-likeness (QED) is 0.252. The van der Waals surface area contributed by atoms with Crippen LogP contribution < -0.4 is 10.1 Å². The van der Waals surface area contributed by atoms with Crippen molar-refractivity contribution in [2.45, 2.75) is 39.0 Å². The molecule has 2 aromatic rings. The first-order chi connectivity index (χ1) is 13.7. The lowest BCUT2D eigenvalue weighted by Crippen LogP contribution is -2.40. The van der Waals surface area contributed by atoms with E-state index < -0.39 is 0 Å². The van der Waals surface area contributed by atoms with E-state index in [2.05, 4.69) is 47.5 Å². The lowest BCUT2D eigenvalue weighted by atomic mass is 10.0. The number of hydrogen-bond donors (Lipinski definition) is 1. The molecule has 1 aromatic heterocycles. The first kappa shape index (κ1) is 23.5. The summed E-state index contributed by atoms with van der Waals surface area (Å²) in [5.41, 5.74) is 2.58. The molecule has 7 heteroatoms. The largest absolute Gasteiger partial charge is 0.494 e. The average Bonchev–Trinajstić information content (AvgIpc) is 3.34. The van der Waals surface area contributed by atoms with Crippen LogP contribution in [0.25, 0.3) is 0 Å². The molecule has 1 fully saturated rings. The molecule has 3 rings (SSSR count). The number of ether oxygens (including phenoxy) is 1. The van der Waals surface area contributed by atoms with Crippen molar-refractivity contribution in [3.05, 3.63) is 47.8 Å². The molecule has 1 atom stereocenters. The lowest BCUT2D eigenvalue weighted by molar-refractivity contribution is 0.307. The molecule has 6 nitrogen and oxygen atoms in total. The molecule has 29 heavy (non-hydrogen) atoms. The topological polar surface area (TPSA) is 54.7 Å². The fourth-order valence-corrected chi connectivity index (χ4v) is 3.52. The van der Waals surface area contributed by atoms with Crippen molar-refractivity contribution in [3.63, 3.8) is 0 Å². The Kier molecular flexibility index (Phi) is 9.76. The molecule has 1 aliphatic heterocycles. The van der Waals surface area contributed by atoms with Crippen LogP contribution in [0.1, 0.15) is 43.2 Å². The minimum absolute atomic E-state index is 0. The molecule has 160 valence electrons. The van der Waals surface area contributed by atoms with Gasteiger partial charge < -0.3 is 15.0 Å². The lowest BCUT2D eigenvalue weighted by Gasteiger charge is -2.21. The Morgan fingerprint density at radius 1 is 1.28 bits per heavy atom. The number of aromatic nitrogens is 2. The fraction of sp³-hybridized carbons (Fsp3) is 0.545. The summed E-state index contributed by atoms with van der Waals surface area (Å²) >= 11 is 0. The molecule has 1 unspecified atom stereocenters. The number of aryl methyl sites for hydroxylation is 2. The van der Waals surface area contributed by atoms with Crippen molar-refractivity contribution in [1.82, 2.24) is 20.0 Å². The van der Waals surface area contributed by atoms with E-state index in [1.807, 2.05) is 30.1 Å². The molecular formula is C22H34IN5O. The van der Waals surface area contributed by atoms with E-state index in [0.717, 1.165) is 63.8 Å². The van der Waals surface area contributed by atoms with E-state index >= 15 is 0 Å². The van der Waals surface area contributed by atoms with Crippen LogP contribution in [-0.4, -0.2) is 53.4 Å². The predicted molar refractivity (Wildman–Crippen MR) is 129 cm³/mol. The third-order valence-electron chi connectivity index (χ3n) is 5.12. The maximum absolute atomic E-state index is 5.80. The Hall–Kier alpha value is -1.77. The highest BCUT2D eigenvalue weighted by Gasteiger charge is 2.26. The first-order valence-corrected chi connectivity index (χ1v) is 10.4. The minimum Gasteiger partial charge on any atom is -0.494 e. The zero-order valence-corrected chi connectivity index (χ0v) is 20.1. The first-order valence-electron chi connectivity index (χ1n) is 10.4. The van der Waals surface area contributed by atoms with E-state index in [1.165, 1.54) is 11.1 Å². The Balaban J connectivity index is 0.00000300. The van der Waals surface area contributed by atoms with E-state index in [9.17, 15) is 0 Å². The number of halogens is 1. The van der Waals surface area contributed by atoms with Crippen LogP contribution in [0.3, 0.4) is 0 Å². The highest BCUT2D eigenvalue weighted by atomic mass is 127. The Morgan fingerprint density at radius 2 is 2.07 bits per heavy atom. The van der Waals surface area contributed by atoms with Gasteiger partial charge in [-0.25, -0.2) is 0 Å². The van der Waals surface area contributed by atoms with Crippen molar-refractivity contribution in [2.75, 3.05) is 32.8 Å². The maximum atomic E-state index is 5.80. The molecule has 0 saturated carbocycles. The molecule has 1 aliphatic rings. The average molecular weight is 511 g/mol. The molecular weight excluding hydrogens is 477 g/mol. The molecule has 0 bridgehead atoms. The van der Waals surface area contributed by atoms with Crippen molar-refractivity contribution in [1.29, 1.82) is 0 Å². The Morgan fingerprint density at radius 3 is 2.76 bits per heavy atom. The second-order valence-electron chi connectivity index (χ2n) is 7.48. The van der Waals surface area contributed by atoms with Crippen LogP contribution >= 0.6 is 24.0 Å². The number of hydrogen-bond acceptors (Lipinski definition) is 3. The molecule has 1 saturated heterocycles. The molecule has 1 N–H and O–H groups in total. The minimum atomic E-state index is 0. The van der Waals surface area contributed by atoms with Gasteiger partial charge in [-0.3, -0.25) is 9.67 Å². The number of unbranched alkanes of at least 4 members (excludes halogenated alkanes) is 1. The Bertz CT molecular complexity index is 759. The van der Waals surface area contributed by atoms with Crippen LogP contribution in [0, 0.1) is 6.92 Å². The summed E-state index contributed by atoms with van der Waals surface area (Å²) in [6.07, 6.45) is 7.31. The van der Waals surface area contributed by atoms with Gasteiger partial charge in [-0.1, -0.05) is 17.7 Å². The molecule has 0 amide bonds. The summed E-state index contributed by atoms with van der Waals surface area (Å²) in [4.78, 5) is 7.22. The van der Waals surface area contributed by atoms with Gasteiger partial charge in [0.1, 0.15) is 5.75 Å². The highest BCUT2D eigenvalue weighted by molar-refractivity contribution is 14.0. The SMILES string of the molecule is CCNC(=NCCCCOc1ccc(C)cc1)N1CCC(c2cnn(C)c2)C1.I. The fourth-order valence-electron chi connectivity index (χ4n) is 3.52. The number of guanidine groups is 1. The number of nitrogens with zero attached hydrogens (tertiary/aromatic N) is 4. The summed E-state index contributed by atoms with van der Waals surface area (Å²) in [5.74, 6) is 2.52. The van der Waals surface area contributed by atoms with Crippen molar-refractivity contribution >= 4 is 29.9 Å². The molecule has 0 radical (unpaired) electrons. The van der Waals surface area contributed by atoms with E-state index in [4.69, 9.17) is 9.73 Å². The highest BCUT2D eigenvalue weighted by Crippen LogP contribution is 2.26. The number of benzene rings is 1. The normalized spacial score (nSPS) is 16.6. The van der Waals surface area contributed by atoms with Gasteiger partial charge >= 0.3 is 0 Å². The monoisotopic (exact) mass is 511 g/mol. The van der Waals surface area contributed by atoms with Crippen LogP contribution in [0.5, 0.6) is 5.75 Å². The van der Waals surface area contributed by atoms with Gasteiger partial charge in [0, 0.05) is 45.3 Å². The summed E-state index contributed by atoms with van der Waals surface area (Å²) < 4.78 is 7.68. The number of rotatable bonds is 8. The molecule has 1 aromatic carbocycles. The maximum Gasteiger partial charge on any atom is 0.193 e.